The van der Waals surface area contributed by atoms with E-state index in [4.69, 9.17) is 5.11 Å². The van der Waals surface area contributed by atoms with Crippen molar-refractivity contribution >= 4 is 16.0 Å². The molecule has 0 aromatic carbocycles. The predicted octanol–water partition coefficient (Wildman–Crippen LogP) is 1.26. The minimum absolute atomic E-state index is 0.0317. The number of hydrogen-bond acceptors (Lipinski definition) is 3. The van der Waals surface area contributed by atoms with Gasteiger partial charge in [0.25, 0.3) is 0 Å². The second-order valence-corrected chi connectivity index (χ2v) is 5.91. The van der Waals surface area contributed by atoms with Crippen LogP contribution in [0.25, 0.3) is 0 Å². The van der Waals surface area contributed by atoms with Gasteiger partial charge in [-0.3, -0.25) is 0 Å². The molecule has 0 aliphatic carbocycles. The maximum absolute atomic E-state index is 12.4. The second kappa shape index (κ2) is 5.09. The summed E-state index contributed by atoms with van der Waals surface area (Å²) in [7, 11) is -3.15. The van der Waals surface area contributed by atoms with Crippen molar-refractivity contribution in [2.75, 3.05) is 0 Å². The highest BCUT2D eigenvalue weighted by Crippen LogP contribution is 2.24. The third kappa shape index (κ3) is 3.12. The molecule has 114 valence electrons. The number of nitrogens with one attached hydrogen (secondary N) is 1. The number of alkyl halides is 3. The highest BCUT2D eigenvalue weighted by molar-refractivity contribution is 7.89. The molecule has 10 heteroatoms. The number of aromatic nitrogens is 1. The van der Waals surface area contributed by atoms with E-state index >= 15 is 0 Å². The molecule has 20 heavy (non-hydrogen) atoms. The first-order valence-corrected chi connectivity index (χ1v) is 6.85. The van der Waals surface area contributed by atoms with E-state index in [2.05, 4.69) is 0 Å². The molecule has 1 aromatic rings. The van der Waals surface area contributed by atoms with Crippen LogP contribution >= 0.6 is 0 Å². The van der Waals surface area contributed by atoms with Crippen LogP contribution in [0.3, 0.4) is 0 Å². The molecule has 0 aliphatic rings. The molecule has 0 spiro atoms. The first-order chi connectivity index (χ1) is 8.88. The molecule has 0 radical (unpaired) electrons. The van der Waals surface area contributed by atoms with Gasteiger partial charge in [-0.2, -0.15) is 17.9 Å². The largest absolute Gasteiger partial charge is 0.477 e. The first-order valence-electron chi connectivity index (χ1n) is 5.36. The summed E-state index contributed by atoms with van der Waals surface area (Å²) in [6, 6.07) is -1.45. The Labute approximate surface area is 113 Å². The Bertz CT molecular complexity index is 634. The van der Waals surface area contributed by atoms with Crippen LogP contribution in [0.4, 0.5) is 13.2 Å². The molecule has 1 aromatic heterocycles. The lowest BCUT2D eigenvalue weighted by molar-refractivity contribution is -0.147. The average molecular weight is 314 g/mol. The predicted molar refractivity (Wildman–Crippen MR) is 62.9 cm³/mol. The fraction of sp³-hybridized carbons (Fsp3) is 0.500. The summed E-state index contributed by atoms with van der Waals surface area (Å²) in [5, 5.41) is 8.86. The number of halogens is 3. The lowest BCUT2D eigenvalue weighted by Gasteiger charge is -2.17. The number of aromatic carboxylic acids is 1. The van der Waals surface area contributed by atoms with Crippen molar-refractivity contribution in [3.05, 3.63) is 17.5 Å². The Hall–Kier alpha value is -1.55. The third-order valence-corrected chi connectivity index (χ3v) is 4.48. The van der Waals surface area contributed by atoms with Gasteiger partial charge < -0.3 is 9.67 Å². The first kappa shape index (κ1) is 16.5. The number of carboxylic acids is 1. The van der Waals surface area contributed by atoms with E-state index in [1.165, 1.54) is 18.7 Å². The van der Waals surface area contributed by atoms with Crippen LogP contribution in [-0.2, 0) is 17.1 Å². The standard InChI is InChI=1S/C10H13F3N2O4S/c1-5-8(4-7(9(16)17)15(5)3)20(18,19)14-6(2)10(11,12)13/h4,6,14H,1-3H3,(H,16,17)/t6-/m1/s1. The number of carbonyl (C=O) groups is 1. The van der Waals surface area contributed by atoms with Crippen molar-refractivity contribution in [3.63, 3.8) is 0 Å². The SMILES string of the molecule is Cc1c(S(=O)(=O)N[C@H](C)C(F)(F)F)cc(C(=O)O)n1C. The van der Waals surface area contributed by atoms with Gasteiger partial charge in [0.15, 0.2) is 0 Å². The maximum atomic E-state index is 12.4. The summed E-state index contributed by atoms with van der Waals surface area (Å²) < 4.78 is 63.5. The van der Waals surface area contributed by atoms with Crippen LogP contribution in [0.15, 0.2) is 11.0 Å². The maximum Gasteiger partial charge on any atom is 0.404 e. The molecule has 0 amide bonds. The Kier molecular flexibility index (Phi) is 4.20. The summed E-state index contributed by atoms with van der Waals surface area (Å²) >= 11 is 0. The molecule has 6 nitrogen and oxygen atoms in total. The van der Waals surface area contributed by atoms with Crippen LogP contribution < -0.4 is 4.72 Å². The lowest BCUT2D eigenvalue weighted by atomic mass is 10.4. The van der Waals surface area contributed by atoms with Crippen LogP contribution in [-0.4, -0.2) is 36.3 Å². The van der Waals surface area contributed by atoms with Gasteiger partial charge in [0.1, 0.15) is 16.6 Å². The van der Waals surface area contributed by atoms with Crippen LogP contribution in [0.5, 0.6) is 0 Å². The Balaban J connectivity index is 3.24. The van der Waals surface area contributed by atoms with Gasteiger partial charge in [-0.05, 0) is 19.9 Å². The van der Waals surface area contributed by atoms with E-state index in [1.54, 1.807) is 0 Å². The molecule has 2 N–H and O–H groups in total. The van der Waals surface area contributed by atoms with E-state index in [-0.39, 0.29) is 11.4 Å². The summed E-state index contributed by atoms with van der Waals surface area (Å²) in [5.74, 6) is -1.37. The molecule has 0 saturated carbocycles. The number of rotatable bonds is 4. The third-order valence-electron chi connectivity index (χ3n) is 2.82. The second-order valence-electron chi connectivity index (χ2n) is 4.23. The topological polar surface area (TPSA) is 88.4 Å². The smallest absolute Gasteiger partial charge is 0.404 e. The number of hydrogen-bond donors (Lipinski definition) is 2. The van der Waals surface area contributed by atoms with Gasteiger partial charge in [-0.1, -0.05) is 0 Å². The highest BCUT2D eigenvalue weighted by Gasteiger charge is 2.39. The molecule has 1 atom stereocenters. The van der Waals surface area contributed by atoms with Gasteiger partial charge in [0.05, 0.1) is 0 Å². The molecule has 0 unspecified atom stereocenters. The van der Waals surface area contributed by atoms with Crippen molar-refractivity contribution in [1.29, 1.82) is 0 Å². The molecular formula is C10H13F3N2O4S. The van der Waals surface area contributed by atoms with Crippen molar-refractivity contribution in [3.8, 4) is 0 Å². The van der Waals surface area contributed by atoms with Crippen LogP contribution in [0, 0.1) is 6.92 Å². The van der Waals surface area contributed by atoms with Crippen molar-refractivity contribution < 1.29 is 31.5 Å². The summed E-state index contributed by atoms with van der Waals surface area (Å²) in [4.78, 5) is 10.4. The van der Waals surface area contributed by atoms with E-state index in [1.807, 2.05) is 0 Å². The van der Waals surface area contributed by atoms with Gasteiger partial charge in [0.2, 0.25) is 10.0 Å². The summed E-state index contributed by atoms with van der Waals surface area (Å²) in [6.07, 6.45) is -4.73. The Morgan fingerprint density at radius 1 is 1.45 bits per heavy atom. The zero-order valence-corrected chi connectivity index (χ0v) is 11.6. The van der Waals surface area contributed by atoms with Crippen LogP contribution in [0.2, 0.25) is 0 Å². The number of nitrogens with zero attached hydrogens (tertiary/aromatic N) is 1. The molecule has 0 aliphatic heterocycles. The van der Waals surface area contributed by atoms with E-state index in [0.717, 1.165) is 10.6 Å². The monoisotopic (exact) mass is 314 g/mol. The van der Waals surface area contributed by atoms with Crippen molar-refractivity contribution in [2.24, 2.45) is 7.05 Å². The van der Waals surface area contributed by atoms with E-state index in [9.17, 15) is 26.4 Å². The zero-order valence-electron chi connectivity index (χ0n) is 10.8. The average Bonchev–Trinajstić information content (AvgIpc) is 2.54. The molecule has 0 bridgehead atoms. The van der Waals surface area contributed by atoms with Crippen LogP contribution in [0.1, 0.15) is 23.1 Å². The minimum atomic E-state index is -4.73. The molecule has 1 rings (SSSR count). The molecule has 0 fully saturated rings. The number of sulfonamides is 1. The normalized spacial score (nSPS) is 14.3. The fourth-order valence-corrected chi connectivity index (χ4v) is 3.03. The highest BCUT2D eigenvalue weighted by atomic mass is 32.2. The zero-order chi connectivity index (χ0) is 15.9. The minimum Gasteiger partial charge on any atom is -0.477 e. The van der Waals surface area contributed by atoms with Gasteiger partial charge in [-0.15, -0.1) is 0 Å². The Morgan fingerprint density at radius 3 is 2.30 bits per heavy atom. The summed E-state index contributed by atoms with van der Waals surface area (Å²) in [6.45, 7) is 1.97. The lowest BCUT2D eigenvalue weighted by Crippen LogP contribution is -2.43. The van der Waals surface area contributed by atoms with E-state index in [0.29, 0.717) is 6.92 Å². The molecule has 1 heterocycles. The molecule has 0 saturated heterocycles. The quantitative estimate of drug-likeness (QED) is 0.876. The molecular weight excluding hydrogens is 301 g/mol. The van der Waals surface area contributed by atoms with Gasteiger partial charge >= 0.3 is 12.1 Å². The van der Waals surface area contributed by atoms with E-state index < -0.39 is 33.1 Å². The van der Waals surface area contributed by atoms with Gasteiger partial charge in [-0.25, -0.2) is 13.2 Å². The fourth-order valence-electron chi connectivity index (χ4n) is 1.51. The van der Waals surface area contributed by atoms with Gasteiger partial charge in [0, 0.05) is 12.7 Å². The van der Waals surface area contributed by atoms with Crippen molar-refractivity contribution in [1.82, 2.24) is 9.29 Å². The van der Waals surface area contributed by atoms with Crippen molar-refractivity contribution in [2.45, 2.75) is 31.0 Å². The Morgan fingerprint density at radius 2 is 1.95 bits per heavy atom. The number of carboxylic acid groups (broad SMARTS) is 1. The summed E-state index contributed by atoms with van der Waals surface area (Å²) in [5.41, 5.74) is -0.299.